The topological polar surface area (TPSA) is 43.0 Å². The Morgan fingerprint density at radius 2 is 2.24 bits per heavy atom. The molecule has 1 fully saturated rings. The fourth-order valence-electron chi connectivity index (χ4n) is 2.57. The maximum Gasteiger partial charge on any atom is 0.140 e. The van der Waals surface area contributed by atoms with Gasteiger partial charge in [0.25, 0.3) is 0 Å². The molecule has 1 rings (SSSR count). The SMILES string of the molecule is B[C@@H](CNPC)O[C@H](CC)COC[C@@H]1CN(C)C[C@H](B)O1. The van der Waals surface area contributed by atoms with Crippen molar-refractivity contribution in [2.24, 2.45) is 0 Å². The van der Waals surface area contributed by atoms with Gasteiger partial charge in [-0.1, -0.05) is 15.7 Å². The summed E-state index contributed by atoms with van der Waals surface area (Å²) >= 11 is 0. The summed E-state index contributed by atoms with van der Waals surface area (Å²) in [6.07, 6.45) is 1.32. The largest absolute Gasteiger partial charge is 0.380 e. The molecule has 0 spiro atoms. The molecule has 0 aliphatic carbocycles. The van der Waals surface area contributed by atoms with E-state index in [1.165, 1.54) is 0 Å². The number of rotatable bonds is 10. The summed E-state index contributed by atoms with van der Waals surface area (Å²) in [7, 11) is 7.12. The fourth-order valence-corrected chi connectivity index (χ4v) is 3.07. The summed E-state index contributed by atoms with van der Waals surface area (Å²) in [5.41, 5.74) is 0. The van der Waals surface area contributed by atoms with Gasteiger partial charge in [-0.05, 0) is 20.1 Å². The fraction of sp³-hybridized carbons (Fsp3) is 1.00. The second-order valence-electron chi connectivity index (χ2n) is 5.94. The van der Waals surface area contributed by atoms with Gasteiger partial charge < -0.3 is 19.1 Å². The lowest BCUT2D eigenvalue weighted by molar-refractivity contribution is -0.0973. The highest BCUT2D eigenvalue weighted by atomic mass is 31.1. The summed E-state index contributed by atoms with van der Waals surface area (Å²) in [4.78, 5) is 2.30. The van der Waals surface area contributed by atoms with E-state index in [1.807, 2.05) is 0 Å². The van der Waals surface area contributed by atoms with Gasteiger partial charge in [0.05, 0.1) is 25.4 Å². The van der Waals surface area contributed by atoms with Crippen molar-refractivity contribution < 1.29 is 14.2 Å². The van der Waals surface area contributed by atoms with E-state index in [2.05, 4.69) is 46.3 Å². The number of hydrogen-bond donors (Lipinski definition) is 1. The van der Waals surface area contributed by atoms with Gasteiger partial charge in [0.2, 0.25) is 0 Å². The molecule has 1 unspecified atom stereocenters. The summed E-state index contributed by atoms with van der Waals surface area (Å²) < 4.78 is 17.7. The Hall–Kier alpha value is 0.360. The minimum atomic E-state index is 0.167. The molecule has 0 bridgehead atoms. The van der Waals surface area contributed by atoms with Crippen LogP contribution in [-0.4, -0.2) is 91.4 Å². The van der Waals surface area contributed by atoms with E-state index in [0.29, 0.717) is 13.2 Å². The zero-order valence-corrected chi connectivity index (χ0v) is 15.2. The van der Waals surface area contributed by atoms with Crippen molar-refractivity contribution in [1.29, 1.82) is 0 Å². The average molecular weight is 316 g/mol. The van der Waals surface area contributed by atoms with E-state index in [1.54, 1.807) is 0 Å². The molecule has 0 amide bonds. The number of ether oxygens (including phenoxy) is 3. The van der Waals surface area contributed by atoms with Crippen LogP contribution in [0.4, 0.5) is 0 Å². The number of morpholine rings is 1. The van der Waals surface area contributed by atoms with Crippen LogP contribution in [0.5, 0.6) is 0 Å². The van der Waals surface area contributed by atoms with E-state index >= 15 is 0 Å². The predicted molar refractivity (Wildman–Crippen MR) is 95.3 cm³/mol. The number of nitrogens with one attached hydrogen (secondary N) is 1. The smallest absolute Gasteiger partial charge is 0.140 e. The standard InChI is InChI=1S/C13H31B2N2O3P/c1-4-10(19-12(14)5-16-21-3)8-18-9-11-6-17(2)7-13(15)20-11/h10-13,16,21H,4-9,14-15H2,1-3H3/t10-,11+,12-,13-/m1/s1. The minimum Gasteiger partial charge on any atom is -0.380 e. The highest BCUT2D eigenvalue weighted by Crippen LogP contribution is 2.09. The summed E-state index contributed by atoms with van der Waals surface area (Å²) in [5, 5.41) is 3.33. The molecule has 1 heterocycles. The van der Waals surface area contributed by atoms with E-state index in [0.717, 1.165) is 34.8 Å². The first-order valence-corrected chi connectivity index (χ1v) is 9.51. The second kappa shape index (κ2) is 11.0. The molecule has 1 N–H and O–H groups in total. The van der Waals surface area contributed by atoms with Crippen LogP contribution in [0, 0.1) is 0 Å². The highest BCUT2D eigenvalue weighted by Gasteiger charge is 2.23. The quantitative estimate of drug-likeness (QED) is 0.408. The molecule has 5 atom stereocenters. The van der Waals surface area contributed by atoms with E-state index in [9.17, 15) is 0 Å². The van der Waals surface area contributed by atoms with E-state index < -0.39 is 0 Å². The Kier molecular flexibility index (Phi) is 10.1. The van der Waals surface area contributed by atoms with Gasteiger partial charge in [-0.3, -0.25) is 5.09 Å². The maximum absolute atomic E-state index is 6.00. The molecular formula is C13H31B2N2O3P. The van der Waals surface area contributed by atoms with Gasteiger partial charge in [0, 0.05) is 31.6 Å². The van der Waals surface area contributed by atoms with Gasteiger partial charge in [0.15, 0.2) is 0 Å². The van der Waals surface area contributed by atoms with Crippen molar-refractivity contribution >= 4 is 24.4 Å². The Balaban J connectivity index is 2.19. The first kappa shape index (κ1) is 19.4. The molecule has 5 nitrogen and oxygen atoms in total. The van der Waals surface area contributed by atoms with Crippen LogP contribution in [0.2, 0.25) is 0 Å². The van der Waals surface area contributed by atoms with Crippen molar-refractivity contribution in [2.45, 2.75) is 37.6 Å². The van der Waals surface area contributed by atoms with Crippen LogP contribution in [0.25, 0.3) is 0 Å². The lowest BCUT2D eigenvalue weighted by Gasteiger charge is -2.34. The predicted octanol–water partition coefficient (Wildman–Crippen LogP) is -1.14. The molecule has 0 aromatic rings. The number of hydrogen-bond acceptors (Lipinski definition) is 5. The van der Waals surface area contributed by atoms with Crippen molar-refractivity contribution in [2.75, 3.05) is 46.6 Å². The van der Waals surface area contributed by atoms with Crippen molar-refractivity contribution in [1.82, 2.24) is 9.99 Å². The molecule has 1 aliphatic rings. The molecule has 1 saturated heterocycles. The van der Waals surface area contributed by atoms with Crippen LogP contribution in [0.15, 0.2) is 0 Å². The molecule has 0 aromatic carbocycles. The molecule has 21 heavy (non-hydrogen) atoms. The normalized spacial score (nSPS) is 27.2. The van der Waals surface area contributed by atoms with Crippen molar-refractivity contribution in [3.05, 3.63) is 0 Å². The zero-order chi connectivity index (χ0) is 15.7. The molecule has 1 aliphatic heterocycles. The number of nitrogens with zero attached hydrogens (tertiary/aromatic N) is 1. The van der Waals surface area contributed by atoms with Crippen LogP contribution < -0.4 is 5.09 Å². The van der Waals surface area contributed by atoms with E-state index in [-0.39, 0.29) is 24.2 Å². The average Bonchev–Trinajstić information content (AvgIpc) is 2.43. The first-order valence-electron chi connectivity index (χ1n) is 8.01. The van der Waals surface area contributed by atoms with Gasteiger partial charge in [-0.2, -0.15) is 0 Å². The van der Waals surface area contributed by atoms with Gasteiger partial charge in [-0.15, -0.1) is 0 Å². The Morgan fingerprint density at radius 3 is 2.86 bits per heavy atom. The van der Waals surface area contributed by atoms with Gasteiger partial charge in [-0.25, -0.2) is 0 Å². The third-order valence-electron chi connectivity index (χ3n) is 3.56. The molecule has 0 aromatic heterocycles. The molecule has 122 valence electrons. The molecule has 8 heteroatoms. The summed E-state index contributed by atoms with van der Waals surface area (Å²) in [5.74, 6) is 0. The third kappa shape index (κ3) is 8.53. The summed E-state index contributed by atoms with van der Waals surface area (Å²) in [6, 6.07) is 0.514. The van der Waals surface area contributed by atoms with E-state index in [4.69, 9.17) is 14.2 Å². The van der Waals surface area contributed by atoms with Crippen LogP contribution in [0.3, 0.4) is 0 Å². The molecule has 0 saturated carbocycles. The highest BCUT2D eigenvalue weighted by molar-refractivity contribution is 7.34. The summed E-state index contributed by atoms with van der Waals surface area (Å²) in [6.45, 7) is 8.42. The second-order valence-corrected chi connectivity index (χ2v) is 6.79. The Bertz CT molecular complexity index is 270. The zero-order valence-electron chi connectivity index (χ0n) is 14.2. The Labute approximate surface area is 133 Å². The molecule has 0 radical (unpaired) electrons. The van der Waals surface area contributed by atoms with Crippen LogP contribution >= 0.6 is 8.73 Å². The maximum atomic E-state index is 6.00. The van der Waals surface area contributed by atoms with Crippen LogP contribution in [0.1, 0.15) is 13.3 Å². The monoisotopic (exact) mass is 316 g/mol. The van der Waals surface area contributed by atoms with Crippen molar-refractivity contribution in [3.63, 3.8) is 0 Å². The minimum absolute atomic E-state index is 0.167. The van der Waals surface area contributed by atoms with Gasteiger partial charge >= 0.3 is 0 Å². The lowest BCUT2D eigenvalue weighted by Crippen LogP contribution is -2.47. The lowest BCUT2D eigenvalue weighted by atomic mass is 9.98. The van der Waals surface area contributed by atoms with Crippen molar-refractivity contribution in [3.8, 4) is 0 Å². The third-order valence-corrected chi connectivity index (χ3v) is 4.12. The number of likely N-dealkylation sites (N-methyl/N-ethyl adjacent to an activating group) is 1. The Morgan fingerprint density at radius 1 is 1.48 bits per heavy atom. The van der Waals surface area contributed by atoms with Crippen LogP contribution in [-0.2, 0) is 14.2 Å². The molecular weight excluding hydrogens is 285 g/mol. The first-order chi connectivity index (χ1) is 10.0. The van der Waals surface area contributed by atoms with Gasteiger partial charge in [0.1, 0.15) is 15.7 Å².